The van der Waals surface area contributed by atoms with E-state index in [9.17, 15) is 13.2 Å². The molecule has 1 fully saturated rings. The van der Waals surface area contributed by atoms with Crippen LogP contribution in [0.3, 0.4) is 0 Å². The molecule has 0 aliphatic carbocycles. The number of halogens is 3. The molecule has 0 bridgehead atoms. The summed E-state index contributed by atoms with van der Waals surface area (Å²) < 4.78 is 45.2. The summed E-state index contributed by atoms with van der Waals surface area (Å²) in [7, 11) is 0. The predicted molar refractivity (Wildman–Crippen MR) is 112 cm³/mol. The lowest BCUT2D eigenvalue weighted by Crippen LogP contribution is -2.46. The smallest absolute Gasteiger partial charge is 0.416 e. The molecule has 0 radical (unpaired) electrons. The highest BCUT2D eigenvalue weighted by atomic mass is 19.4. The number of nitrogens with zero attached hydrogens (tertiary/aromatic N) is 6. The lowest BCUT2D eigenvalue weighted by Gasteiger charge is -2.36. The van der Waals surface area contributed by atoms with E-state index in [1.165, 1.54) is 16.6 Å². The second-order valence-electron chi connectivity index (χ2n) is 7.60. The second kappa shape index (κ2) is 7.83. The quantitative estimate of drug-likeness (QED) is 0.518. The molecule has 0 saturated carbocycles. The molecule has 4 aromatic rings. The Hall–Kier alpha value is -3.60. The average Bonchev–Trinajstić information content (AvgIpc) is 3.46. The summed E-state index contributed by atoms with van der Waals surface area (Å²) in [6.45, 7) is 3.50. The topological polar surface area (TPSA) is 88.7 Å². The van der Waals surface area contributed by atoms with Gasteiger partial charge in [0.1, 0.15) is 0 Å². The van der Waals surface area contributed by atoms with Crippen LogP contribution >= 0.6 is 0 Å². The Morgan fingerprint density at radius 3 is 2.44 bits per heavy atom. The van der Waals surface area contributed by atoms with Gasteiger partial charge in [0.25, 0.3) is 0 Å². The molecule has 1 aromatic carbocycles. The zero-order chi connectivity index (χ0) is 22.3. The minimum Gasteiger partial charge on any atom is -0.461 e. The average molecular weight is 443 g/mol. The number of furan rings is 1. The van der Waals surface area contributed by atoms with Crippen LogP contribution in [0.15, 0.2) is 53.3 Å². The van der Waals surface area contributed by atoms with Crippen LogP contribution in [0.1, 0.15) is 11.1 Å². The third-order valence-electron chi connectivity index (χ3n) is 5.53. The van der Waals surface area contributed by atoms with Gasteiger partial charge in [-0.2, -0.15) is 17.7 Å². The first-order chi connectivity index (χ1) is 15.4. The third-order valence-corrected chi connectivity index (χ3v) is 5.53. The lowest BCUT2D eigenvalue weighted by molar-refractivity contribution is -0.137. The molecule has 0 atom stereocenters. The SMILES string of the molecule is Nc1ncc(CN2CCN(c3ccc(C(F)(F)F)cc3)CC2)c2nc(-c3ccco3)nn12. The van der Waals surface area contributed by atoms with Gasteiger partial charge in [0.15, 0.2) is 11.4 Å². The van der Waals surface area contributed by atoms with Crippen molar-refractivity contribution in [2.24, 2.45) is 0 Å². The van der Waals surface area contributed by atoms with E-state index in [1.54, 1.807) is 24.6 Å². The summed E-state index contributed by atoms with van der Waals surface area (Å²) in [5, 5.41) is 4.40. The van der Waals surface area contributed by atoms with E-state index in [-0.39, 0.29) is 5.95 Å². The van der Waals surface area contributed by atoms with Crippen LogP contribution in [-0.2, 0) is 12.7 Å². The first kappa shape index (κ1) is 20.3. The standard InChI is InChI=1S/C21H20F3N7O/c22-21(23,24)15-3-5-16(6-4-15)30-9-7-29(8-10-30)13-14-12-26-20(25)31-19(14)27-18(28-31)17-2-1-11-32-17/h1-6,11-12H,7-10,13H2,(H2,25,26). The van der Waals surface area contributed by atoms with Crippen molar-refractivity contribution in [3.8, 4) is 11.6 Å². The zero-order valence-corrected chi connectivity index (χ0v) is 17.0. The van der Waals surface area contributed by atoms with Crippen molar-refractivity contribution in [3.63, 3.8) is 0 Å². The van der Waals surface area contributed by atoms with Crippen molar-refractivity contribution in [2.45, 2.75) is 12.7 Å². The van der Waals surface area contributed by atoms with Gasteiger partial charge in [-0.25, -0.2) is 9.97 Å². The monoisotopic (exact) mass is 443 g/mol. The van der Waals surface area contributed by atoms with Crippen LogP contribution in [0.5, 0.6) is 0 Å². The summed E-state index contributed by atoms with van der Waals surface area (Å²) in [6, 6.07) is 8.84. The highest BCUT2D eigenvalue weighted by molar-refractivity contribution is 5.57. The molecule has 3 aromatic heterocycles. The van der Waals surface area contributed by atoms with Crippen molar-refractivity contribution in [3.05, 3.63) is 60.0 Å². The maximum absolute atomic E-state index is 12.8. The van der Waals surface area contributed by atoms with E-state index < -0.39 is 11.7 Å². The summed E-state index contributed by atoms with van der Waals surface area (Å²) in [4.78, 5) is 13.1. The number of piperazine rings is 1. The number of benzene rings is 1. The van der Waals surface area contributed by atoms with Crippen LogP contribution < -0.4 is 10.6 Å². The molecule has 5 rings (SSSR count). The Labute approximate surface area is 181 Å². The van der Waals surface area contributed by atoms with Crippen LogP contribution in [-0.4, -0.2) is 50.7 Å². The van der Waals surface area contributed by atoms with Gasteiger partial charge in [0, 0.05) is 50.2 Å². The minimum atomic E-state index is -4.33. The van der Waals surface area contributed by atoms with E-state index in [1.807, 2.05) is 0 Å². The lowest BCUT2D eigenvalue weighted by atomic mass is 10.1. The molecular weight excluding hydrogens is 423 g/mol. The maximum Gasteiger partial charge on any atom is 0.416 e. The minimum absolute atomic E-state index is 0.237. The first-order valence-electron chi connectivity index (χ1n) is 10.1. The molecule has 11 heteroatoms. The fourth-order valence-corrected chi connectivity index (χ4v) is 3.82. The van der Waals surface area contributed by atoms with E-state index in [4.69, 9.17) is 10.2 Å². The number of alkyl halides is 3. The number of nitrogens with two attached hydrogens (primary N) is 1. The van der Waals surface area contributed by atoms with Gasteiger partial charge in [-0.05, 0) is 36.4 Å². The number of rotatable bonds is 4. The number of hydrogen-bond donors (Lipinski definition) is 1. The molecule has 1 aliphatic rings. The molecule has 1 saturated heterocycles. The normalized spacial score (nSPS) is 15.5. The molecule has 32 heavy (non-hydrogen) atoms. The molecule has 0 unspecified atom stereocenters. The first-order valence-corrected chi connectivity index (χ1v) is 10.1. The van der Waals surface area contributed by atoms with Gasteiger partial charge < -0.3 is 15.1 Å². The Morgan fingerprint density at radius 1 is 1.03 bits per heavy atom. The van der Waals surface area contributed by atoms with Gasteiger partial charge >= 0.3 is 6.18 Å². The van der Waals surface area contributed by atoms with Gasteiger partial charge in [0.2, 0.25) is 11.8 Å². The van der Waals surface area contributed by atoms with E-state index in [0.717, 1.165) is 36.5 Å². The van der Waals surface area contributed by atoms with Crippen molar-refractivity contribution in [1.82, 2.24) is 24.5 Å². The van der Waals surface area contributed by atoms with Crippen LogP contribution in [0, 0.1) is 0 Å². The van der Waals surface area contributed by atoms with Crippen LogP contribution in [0.2, 0.25) is 0 Å². The number of hydrogen-bond acceptors (Lipinski definition) is 7. The highest BCUT2D eigenvalue weighted by Gasteiger charge is 2.30. The Kier molecular flexibility index (Phi) is 4.97. The fraction of sp³-hybridized carbons (Fsp3) is 0.286. The molecule has 4 heterocycles. The maximum atomic E-state index is 12.8. The number of fused-ring (bicyclic) bond motifs is 1. The molecular formula is C21H20F3N7O. The molecule has 1 aliphatic heterocycles. The molecule has 2 N–H and O–H groups in total. The largest absolute Gasteiger partial charge is 0.461 e. The van der Waals surface area contributed by atoms with Crippen LogP contribution in [0.4, 0.5) is 24.8 Å². The Balaban J connectivity index is 1.28. The highest BCUT2D eigenvalue weighted by Crippen LogP contribution is 2.31. The molecule has 0 amide bonds. The van der Waals surface area contributed by atoms with Crippen molar-refractivity contribution < 1.29 is 17.6 Å². The molecule has 166 valence electrons. The second-order valence-corrected chi connectivity index (χ2v) is 7.60. The summed E-state index contributed by atoms with van der Waals surface area (Å²) in [5.41, 5.74) is 7.62. The number of aromatic nitrogens is 4. The van der Waals surface area contributed by atoms with E-state index >= 15 is 0 Å². The van der Waals surface area contributed by atoms with Gasteiger partial charge in [-0.1, -0.05) is 0 Å². The van der Waals surface area contributed by atoms with Crippen molar-refractivity contribution in [1.29, 1.82) is 0 Å². The van der Waals surface area contributed by atoms with Gasteiger partial charge in [-0.15, -0.1) is 5.10 Å². The third kappa shape index (κ3) is 3.86. The summed E-state index contributed by atoms with van der Waals surface area (Å²) in [6.07, 6.45) is -1.07. The molecule has 8 nitrogen and oxygen atoms in total. The Morgan fingerprint density at radius 2 is 1.78 bits per heavy atom. The fourth-order valence-electron chi connectivity index (χ4n) is 3.82. The summed E-state index contributed by atoms with van der Waals surface area (Å²) in [5.74, 6) is 1.22. The van der Waals surface area contributed by atoms with E-state index in [0.29, 0.717) is 36.9 Å². The predicted octanol–water partition coefficient (Wildman–Crippen LogP) is 3.31. The summed E-state index contributed by atoms with van der Waals surface area (Å²) >= 11 is 0. The number of anilines is 2. The van der Waals surface area contributed by atoms with Gasteiger partial charge in [-0.3, -0.25) is 4.90 Å². The Bertz CT molecular complexity index is 1210. The van der Waals surface area contributed by atoms with Crippen molar-refractivity contribution in [2.75, 3.05) is 36.8 Å². The van der Waals surface area contributed by atoms with Crippen LogP contribution in [0.25, 0.3) is 17.2 Å². The van der Waals surface area contributed by atoms with Gasteiger partial charge in [0.05, 0.1) is 11.8 Å². The zero-order valence-electron chi connectivity index (χ0n) is 17.0. The molecule has 0 spiro atoms. The van der Waals surface area contributed by atoms with Crippen molar-refractivity contribution >= 4 is 17.3 Å². The van der Waals surface area contributed by atoms with E-state index in [2.05, 4.69) is 24.9 Å². The number of nitrogen functional groups attached to an aromatic ring is 1.